The monoisotopic (exact) mass is 659 g/mol. The van der Waals surface area contributed by atoms with Crippen LogP contribution in [-0.4, -0.2) is 37.3 Å². The van der Waals surface area contributed by atoms with Crippen LogP contribution in [0.1, 0.15) is 35.1 Å². The molecule has 4 aromatic carbocycles. The first-order chi connectivity index (χ1) is 22.8. The fraction of sp³-hybridized carbons (Fsp3) is 0.250. The summed E-state index contributed by atoms with van der Waals surface area (Å²) >= 11 is 0. The molecule has 0 aromatic heterocycles. The Morgan fingerprint density at radius 1 is 0.681 bits per heavy atom. The molecule has 1 N–H and O–H groups in total. The van der Waals surface area contributed by atoms with Crippen LogP contribution in [0.15, 0.2) is 115 Å². The molecule has 0 bridgehead atoms. The minimum Gasteiger partial charge on any atom is -0.461 e. The van der Waals surface area contributed by atoms with E-state index in [-0.39, 0.29) is 50.5 Å². The lowest BCUT2D eigenvalue weighted by molar-refractivity contribution is -0.147. The zero-order valence-electron chi connectivity index (χ0n) is 26.1. The quantitative estimate of drug-likeness (QED) is 0.0724. The highest BCUT2D eigenvalue weighted by Gasteiger charge is 2.31. The molecule has 2 atom stereocenters. The number of benzene rings is 4. The highest BCUT2D eigenvalue weighted by atomic mass is 31.2. The molecule has 0 spiro atoms. The van der Waals surface area contributed by atoms with E-state index < -0.39 is 25.7 Å². The van der Waals surface area contributed by atoms with Gasteiger partial charge in [0.1, 0.15) is 31.6 Å². The zero-order chi connectivity index (χ0) is 33.3. The number of carbonyl (C=O) groups excluding carboxylic acids is 3. The molecule has 11 heteroatoms. The molecular formula is C36H38NO9P. The van der Waals surface area contributed by atoms with Gasteiger partial charge in [-0.3, -0.25) is 4.79 Å². The number of aryl methyl sites for hydroxylation is 1. The number of hydrogen-bond donors (Lipinski definition) is 1. The maximum atomic E-state index is 13.6. The normalized spacial score (nSPS) is 12.6. The third kappa shape index (κ3) is 12.4. The largest absolute Gasteiger partial charge is 0.461 e. The third-order valence-corrected chi connectivity index (χ3v) is 8.84. The topological polar surface area (TPSA) is 126 Å². The third-order valence-electron chi connectivity index (χ3n) is 6.99. The Balaban J connectivity index is 1.34. The summed E-state index contributed by atoms with van der Waals surface area (Å²) in [5.41, 5.74) is 3.21. The molecule has 10 nitrogen and oxygen atoms in total. The van der Waals surface area contributed by atoms with Gasteiger partial charge < -0.3 is 28.6 Å². The molecular weight excluding hydrogens is 621 g/mol. The number of amides is 1. The van der Waals surface area contributed by atoms with Crippen molar-refractivity contribution in [1.82, 2.24) is 5.32 Å². The Labute approximate surface area is 274 Å². The molecule has 0 heterocycles. The smallest absolute Gasteiger partial charge is 0.408 e. The van der Waals surface area contributed by atoms with Gasteiger partial charge in [-0.2, -0.15) is 0 Å². The van der Waals surface area contributed by atoms with Crippen LogP contribution in [0.4, 0.5) is 4.79 Å². The van der Waals surface area contributed by atoms with Gasteiger partial charge in [-0.1, -0.05) is 103 Å². The molecule has 0 saturated heterocycles. The Morgan fingerprint density at radius 2 is 1.21 bits per heavy atom. The van der Waals surface area contributed by atoms with Gasteiger partial charge in [0.2, 0.25) is 0 Å². The first-order valence-electron chi connectivity index (χ1n) is 15.1. The van der Waals surface area contributed by atoms with Crippen LogP contribution in [0, 0.1) is 0 Å². The standard InChI is InChI=1S/C36H38NO9P/c1-42-47(41,46-32-19-11-18-28(24-32)20-21-34(38)43-25-29-12-5-2-6-13-29)23-22-33(35(39)44-26-30-14-7-3-8-15-30)37-36(40)45-27-31-16-9-4-10-17-31/h2-19,24,33H,20-23,25-27H2,1H3,(H,37,40). The average molecular weight is 660 g/mol. The van der Waals surface area contributed by atoms with Crippen molar-refractivity contribution in [2.75, 3.05) is 13.3 Å². The number of rotatable bonds is 17. The van der Waals surface area contributed by atoms with E-state index in [1.54, 1.807) is 42.5 Å². The van der Waals surface area contributed by atoms with Crippen LogP contribution >= 0.6 is 7.60 Å². The van der Waals surface area contributed by atoms with Crippen LogP contribution < -0.4 is 9.84 Å². The molecule has 0 radical (unpaired) electrons. The minimum atomic E-state index is -3.79. The molecule has 4 aromatic rings. The second kappa shape index (κ2) is 18.3. The van der Waals surface area contributed by atoms with Gasteiger partial charge in [0.15, 0.2) is 0 Å². The second-order valence-electron chi connectivity index (χ2n) is 10.5. The van der Waals surface area contributed by atoms with Crippen molar-refractivity contribution < 1.29 is 42.2 Å². The van der Waals surface area contributed by atoms with Crippen molar-refractivity contribution in [2.45, 2.75) is 45.1 Å². The number of carbonyl (C=O) groups is 3. The van der Waals surface area contributed by atoms with Crippen molar-refractivity contribution >= 4 is 25.6 Å². The SMILES string of the molecule is COP(=O)(CCC(NC(=O)OCc1ccccc1)C(=O)OCc1ccccc1)Oc1cccc(CCC(=O)OCc2ccccc2)c1. The lowest BCUT2D eigenvalue weighted by Crippen LogP contribution is -2.42. The number of esters is 2. The minimum absolute atomic E-state index is 0.000773. The molecule has 0 aliphatic heterocycles. The van der Waals surface area contributed by atoms with Crippen molar-refractivity contribution in [3.8, 4) is 5.75 Å². The molecule has 0 saturated carbocycles. The van der Waals surface area contributed by atoms with Crippen molar-refractivity contribution in [1.29, 1.82) is 0 Å². The first-order valence-corrected chi connectivity index (χ1v) is 16.9. The maximum absolute atomic E-state index is 13.6. The lowest BCUT2D eigenvalue weighted by Gasteiger charge is -2.21. The van der Waals surface area contributed by atoms with Crippen molar-refractivity contribution in [2.24, 2.45) is 0 Å². The van der Waals surface area contributed by atoms with Gasteiger partial charge in [0, 0.05) is 13.5 Å². The fourth-order valence-electron chi connectivity index (χ4n) is 4.42. The van der Waals surface area contributed by atoms with Crippen LogP contribution in [0.2, 0.25) is 0 Å². The zero-order valence-corrected chi connectivity index (χ0v) is 27.0. The number of hydrogen-bond acceptors (Lipinski definition) is 9. The summed E-state index contributed by atoms with van der Waals surface area (Å²) in [7, 11) is -2.55. The van der Waals surface area contributed by atoms with Crippen molar-refractivity contribution in [3.05, 3.63) is 138 Å². The molecule has 1 amide bonds. The van der Waals surface area contributed by atoms with Gasteiger partial charge >= 0.3 is 25.6 Å². The molecule has 246 valence electrons. The summed E-state index contributed by atoms with van der Waals surface area (Å²) in [5.74, 6) is -0.805. The summed E-state index contributed by atoms with van der Waals surface area (Å²) in [5, 5.41) is 2.53. The number of nitrogens with one attached hydrogen (secondary N) is 1. The lowest BCUT2D eigenvalue weighted by atomic mass is 10.1. The van der Waals surface area contributed by atoms with E-state index in [0.29, 0.717) is 6.42 Å². The van der Waals surface area contributed by atoms with Gasteiger partial charge in [-0.15, -0.1) is 0 Å². The molecule has 47 heavy (non-hydrogen) atoms. The van der Waals surface area contributed by atoms with E-state index in [4.69, 9.17) is 23.3 Å². The summed E-state index contributed by atoms with van der Waals surface area (Å²) in [6, 6.07) is 33.2. The highest BCUT2D eigenvalue weighted by molar-refractivity contribution is 7.54. The van der Waals surface area contributed by atoms with Crippen molar-refractivity contribution in [3.63, 3.8) is 0 Å². The highest BCUT2D eigenvalue weighted by Crippen LogP contribution is 2.48. The van der Waals surface area contributed by atoms with E-state index in [9.17, 15) is 18.9 Å². The van der Waals surface area contributed by atoms with Crippen LogP contribution in [-0.2, 0) is 59.1 Å². The van der Waals surface area contributed by atoms with Crippen LogP contribution in [0.25, 0.3) is 0 Å². The van der Waals surface area contributed by atoms with E-state index >= 15 is 0 Å². The maximum Gasteiger partial charge on any atom is 0.408 e. The van der Waals surface area contributed by atoms with E-state index in [0.717, 1.165) is 22.3 Å². The summed E-state index contributed by atoms with van der Waals surface area (Å²) in [6.07, 6.45) is -0.641. The summed E-state index contributed by atoms with van der Waals surface area (Å²) < 4.78 is 40.8. The summed E-state index contributed by atoms with van der Waals surface area (Å²) in [4.78, 5) is 38.0. The number of ether oxygens (including phenoxy) is 3. The predicted molar refractivity (Wildman–Crippen MR) is 176 cm³/mol. The van der Waals surface area contributed by atoms with E-state index in [1.807, 2.05) is 72.8 Å². The molecule has 4 rings (SSSR count). The Hall–Kier alpha value is -4.92. The molecule has 0 aliphatic carbocycles. The van der Waals surface area contributed by atoms with Gasteiger partial charge in [-0.25, -0.2) is 14.2 Å². The molecule has 2 unspecified atom stereocenters. The summed E-state index contributed by atoms with van der Waals surface area (Å²) in [6.45, 7) is 0.182. The van der Waals surface area contributed by atoms with Gasteiger partial charge in [0.25, 0.3) is 0 Å². The fourth-order valence-corrected chi connectivity index (χ4v) is 5.78. The Kier molecular flexibility index (Phi) is 13.6. The van der Waals surface area contributed by atoms with Gasteiger partial charge in [0.05, 0.1) is 6.16 Å². The second-order valence-corrected chi connectivity index (χ2v) is 12.8. The van der Waals surface area contributed by atoms with E-state index in [1.165, 1.54) is 7.11 Å². The predicted octanol–water partition coefficient (Wildman–Crippen LogP) is 7.01. The average Bonchev–Trinajstić information content (AvgIpc) is 3.11. The Bertz CT molecular complexity index is 1620. The van der Waals surface area contributed by atoms with Crippen LogP contribution in [0.3, 0.4) is 0 Å². The molecule has 0 aliphatic rings. The molecule has 0 fully saturated rings. The van der Waals surface area contributed by atoms with E-state index in [2.05, 4.69) is 5.32 Å². The van der Waals surface area contributed by atoms with Gasteiger partial charge in [-0.05, 0) is 47.2 Å². The Morgan fingerprint density at radius 3 is 1.79 bits per heavy atom. The van der Waals surface area contributed by atoms with Crippen LogP contribution in [0.5, 0.6) is 5.75 Å². The number of alkyl carbamates (subject to hydrolysis) is 1. The first kappa shape index (κ1) is 34.9.